The van der Waals surface area contributed by atoms with Crippen LogP contribution in [-0.4, -0.2) is 31.0 Å². The minimum absolute atomic E-state index is 0. The summed E-state index contributed by atoms with van der Waals surface area (Å²) in [6.45, 7) is 4.39. The van der Waals surface area contributed by atoms with Crippen LogP contribution in [0.5, 0.6) is 0 Å². The van der Waals surface area contributed by atoms with Crippen LogP contribution in [0.15, 0.2) is 125 Å². The number of fused-ring (bicyclic) bond motifs is 4. The van der Waals surface area contributed by atoms with Crippen molar-refractivity contribution in [2.75, 3.05) is 0 Å². The van der Waals surface area contributed by atoms with E-state index in [9.17, 15) is 27.5 Å². The molecule has 0 amide bonds. The molecule has 6 aromatic rings. The van der Waals surface area contributed by atoms with Gasteiger partial charge in [0.1, 0.15) is 29.6 Å². The number of rotatable bonds is 5. The van der Waals surface area contributed by atoms with Crippen molar-refractivity contribution >= 4 is 34.4 Å². The Balaban J connectivity index is 0.000000195. The van der Waals surface area contributed by atoms with Crippen LogP contribution in [0.3, 0.4) is 0 Å². The standard InChI is InChI=1S/C24H22F2N2O.C18H17FN2O.C6H4BrF.3CH4/c1-24-13-16-14-27-28(20-9-7-19(26)8-10-20)22(16)12-17(24)4-11-21(24)23(29)15-2-5-18(25)6-3-15;1-18-9-12-10-20-21(16-6-4-15(19)5-7-16)17(12)8-13(18)2-3-14(18)11-22;7-5-1-3-6(8)4-2-5;;;/h2-3,5-10,12,14,21,23,29H,4,11,13H2,1H3;4-8,10-11,14H,2-3,9H2,1H3;1-4H;3*1H4/t21-,23+,24+;14-,18+;;;;/m11..../s1. The number of carbonyl (C=O) groups is 1. The molecular weight excluding hydrogens is 856 g/mol. The fourth-order valence-corrected chi connectivity index (χ4v) is 9.64. The number of carbonyl (C=O) groups excluding carboxylic acids is 1. The van der Waals surface area contributed by atoms with Gasteiger partial charge in [-0.2, -0.15) is 10.2 Å². The normalized spacial score (nSPS) is 21.7. The van der Waals surface area contributed by atoms with Crippen LogP contribution in [0.1, 0.15) is 96.0 Å². The molecule has 4 aromatic carbocycles. The Hall–Kier alpha value is -5.39. The van der Waals surface area contributed by atoms with E-state index in [0.29, 0.717) is 0 Å². The van der Waals surface area contributed by atoms with Gasteiger partial charge in [0.15, 0.2) is 0 Å². The second-order valence-electron chi connectivity index (χ2n) is 16.3. The van der Waals surface area contributed by atoms with Gasteiger partial charge in [-0.05, 0) is 164 Å². The SMILES string of the molecule is C.C.C.C[C@]12Cc3cnn(-c4ccc(F)cc4)c3C=C1CC[C@@H]2C=O.C[C@]12Cc3cnn(-c4ccc(F)cc4)c3C=C1CC[C@@H]2[C@@H](O)c1ccc(F)cc1.Fc1ccc(Br)cc1. The van der Waals surface area contributed by atoms with Gasteiger partial charge >= 0.3 is 0 Å². The third kappa shape index (κ3) is 9.20. The van der Waals surface area contributed by atoms with Crippen molar-refractivity contribution in [1.29, 1.82) is 0 Å². The van der Waals surface area contributed by atoms with E-state index in [1.165, 1.54) is 59.7 Å². The molecule has 5 atom stereocenters. The molecule has 0 aliphatic heterocycles. The zero-order chi connectivity index (χ0) is 41.5. The summed E-state index contributed by atoms with van der Waals surface area (Å²) >= 11 is 3.18. The Labute approximate surface area is 371 Å². The van der Waals surface area contributed by atoms with Gasteiger partial charge in [0.25, 0.3) is 0 Å². The first-order valence-electron chi connectivity index (χ1n) is 19.7. The van der Waals surface area contributed by atoms with Crippen LogP contribution in [0, 0.1) is 45.9 Å². The molecule has 2 heterocycles. The van der Waals surface area contributed by atoms with E-state index in [0.717, 1.165) is 88.7 Å². The topological polar surface area (TPSA) is 72.9 Å². The molecule has 0 bridgehead atoms. The van der Waals surface area contributed by atoms with Crippen molar-refractivity contribution < 1.29 is 27.5 Å². The first kappa shape index (κ1) is 47.7. The monoisotopic (exact) mass is 910 g/mol. The maximum Gasteiger partial charge on any atom is 0.123 e. The molecule has 0 unspecified atom stereocenters. The van der Waals surface area contributed by atoms with Gasteiger partial charge in [0.2, 0.25) is 0 Å². The summed E-state index contributed by atoms with van der Waals surface area (Å²) in [7, 11) is 0. The molecule has 0 radical (unpaired) electrons. The number of aromatic nitrogens is 4. The molecule has 62 heavy (non-hydrogen) atoms. The van der Waals surface area contributed by atoms with Crippen LogP contribution >= 0.6 is 15.9 Å². The van der Waals surface area contributed by atoms with Crippen molar-refractivity contribution in [3.63, 3.8) is 0 Å². The van der Waals surface area contributed by atoms with E-state index in [4.69, 9.17) is 0 Å². The first-order chi connectivity index (χ1) is 28.4. The second kappa shape index (κ2) is 19.3. The molecule has 4 aliphatic rings. The number of aliphatic hydroxyl groups excluding tert-OH is 1. The second-order valence-corrected chi connectivity index (χ2v) is 17.2. The van der Waals surface area contributed by atoms with E-state index in [-0.39, 0.29) is 68.2 Å². The van der Waals surface area contributed by atoms with Gasteiger partial charge in [-0.15, -0.1) is 0 Å². The van der Waals surface area contributed by atoms with Crippen molar-refractivity contribution in [3.8, 4) is 11.4 Å². The molecule has 2 fully saturated rings. The zero-order valence-electron chi connectivity index (χ0n) is 32.6. The predicted octanol–water partition coefficient (Wildman–Crippen LogP) is 13.3. The van der Waals surface area contributed by atoms with Crippen LogP contribution in [0.4, 0.5) is 17.6 Å². The molecular formula is C51H55BrF4N4O2. The summed E-state index contributed by atoms with van der Waals surface area (Å²) in [4.78, 5) is 11.4. The fourth-order valence-electron chi connectivity index (χ4n) is 9.38. The highest BCUT2D eigenvalue weighted by Gasteiger charge is 2.49. The van der Waals surface area contributed by atoms with Crippen molar-refractivity contribution in [3.05, 3.63) is 176 Å². The molecule has 11 heteroatoms. The van der Waals surface area contributed by atoms with Gasteiger partial charge in [0.05, 0.1) is 41.3 Å². The van der Waals surface area contributed by atoms with Gasteiger partial charge < -0.3 is 9.90 Å². The zero-order valence-corrected chi connectivity index (χ0v) is 34.2. The molecule has 326 valence electrons. The highest BCUT2D eigenvalue weighted by molar-refractivity contribution is 9.10. The fraction of sp³-hybridized carbons (Fsp3) is 0.314. The Kier molecular flexibility index (Phi) is 14.9. The maximum absolute atomic E-state index is 13.3. The van der Waals surface area contributed by atoms with Gasteiger partial charge in [-0.3, -0.25) is 0 Å². The number of hydrogen-bond donors (Lipinski definition) is 1. The molecule has 2 aromatic heterocycles. The lowest BCUT2D eigenvalue weighted by Crippen LogP contribution is -2.32. The minimum atomic E-state index is -0.639. The van der Waals surface area contributed by atoms with E-state index in [1.54, 1.807) is 48.5 Å². The van der Waals surface area contributed by atoms with Crippen LogP contribution in [-0.2, 0) is 17.6 Å². The summed E-state index contributed by atoms with van der Waals surface area (Å²) in [5, 5.41) is 20.1. The number of allylic oxidation sites excluding steroid dienone is 2. The molecule has 0 saturated heterocycles. The van der Waals surface area contributed by atoms with Crippen molar-refractivity contribution in [1.82, 2.24) is 19.6 Å². The highest BCUT2D eigenvalue weighted by atomic mass is 79.9. The largest absolute Gasteiger partial charge is 0.388 e. The van der Waals surface area contributed by atoms with Crippen LogP contribution < -0.4 is 0 Å². The van der Waals surface area contributed by atoms with E-state index < -0.39 is 6.10 Å². The summed E-state index contributed by atoms with van der Waals surface area (Å²) in [6, 6.07) is 25.0. The van der Waals surface area contributed by atoms with Crippen LogP contribution in [0.2, 0.25) is 0 Å². The summed E-state index contributed by atoms with van der Waals surface area (Å²) in [5.41, 5.74) is 9.22. The Morgan fingerprint density at radius 2 is 1.05 bits per heavy atom. The number of hydrogen-bond acceptors (Lipinski definition) is 4. The lowest BCUT2D eigenvalue weighted by molar-refractivity contribution is -0.113. The van der Waals surface area contributed by atoms with E-state index in [1.807, 2.05) is 21.8 Å². The third-order valence-corrected chi connectivity index (χ3v) is 13.3. The number of benzene rings is 4. The molecule has 2 saturated carbocycles. The number of nitrogens with zero attached hydrogens (tertiary/aromatic N) is 4. The number of aldehydes is 1. The van der Waals surface area contributed by atoms with Crippen molar-refractivity contribution in [2.24, 2.45) is 22.7 Å². The maximum atomic E-state index is 13.3. The van der Waals surface area contributed by atoms with Crippen molar-refractivity contribution in [2.45, 2.75) is 80.8 Å². The summed E-state index contributed by atoms with van der Waals surface area (Å²) < 4.78 is 56.3. The molecule has 0 spiro atoms. The predicted molar refractivity (Wildman–Crippen MR) is 244 cm³/mol. The quantitative estimate of drug-likeness (QED) is 0.138. The Morgan fingerprint density at radius 3 is 1.50 bits per heavy atom. The first-order valence-corrected chi connectivity index (χ1v) is 20.5. The minimum Gasteiger partial charge on any atom is -0.388 e. The average molecular weight is 912 g/mol. The lowest BCUT2D eigenvalue weighted by atomic mass is 9.67. The smallest absolute Gasteiger partial charge is 0.123 e. The average Bonchev–Trinajstić information content (AvgIpc) is 4.00. The van der Waals surface area contributed by atoms with Gasteiger partial charge in [-0.1, -0.05) is 75.3 Å². The van der Waals surface area contributed by atoms with Gasteiger partial charge in [0, 0.05) is 15.8 Å². The molecule has 10 rings (SSSR count). The Bertz CT molecular complexity index is 2510. The van der Waals surface area contributed by atoms with E-state index >= 15 is 0 Å². The third-order valence-electron chi connectivity index (χ3n) is 12.8. The lowest BCUT2D eigenvalue weighted by Gasteiger charge is -2.38. The van der Waals surface area contributed by atoms with Crippen LogP contribution in [0.25, 0.3) is 23.5 Å². The summed E-state index contributed by atoms with van der Waals surface area (Å²) in [6.07, 6.45) is 13.9. The molecule has 6 nitrogen and oxygen atoms in total. The molecule has 4 aliphatic carbocycles. The summed E-state index contributed by atoms with van der Waals surface area (Å²) in [5.74, 6) is -0.861. The Morgan fingerprint density at radius 1 is 0.645 bits per heavy atom. The highest BCUT2D eigenvalue weighted by Crippen LogP contribution is 2.57. The molecule has 1 N–H and O–H groups in total. The number of aliphatic hydroxyl groups is 1. The van der Waals surface area contributed by atoms with E-state index in [2.05, 4.69) is 52.1 Å². The van der Waals surface area contributed by atoms with Gasteiger partial charge in [-0.25, -0.2) is 26.9 Å². The number of halogens is 5.